The molecule has 8 nitrogen and oxygen atoms in total. The van der Waals surface area contributed by atoms with Crippen molar-refractivity contribution in [3.63, 3.8) is 0 Å². The number of rotatable bonds is 8. The summed E-state index contributed by atoms with van der Waals surface area (Å²) in [5.74, 6) is -0.496. The summed E-state index contributed by atoms with van der Waals surface area (Å²) in [5, 5.41) is 12.0. The van der Waals surface area contributed by atoms with Crippen molar-refractivity contribution in [3.8, 4) is 5.75 Å². The van der Waals surface area contributed by atoms with Gasteiger partial charge in [-0.25, -0.2) is 0 Å². The number of carbonyl (C=O) groups is 2. The Bertz CT molecular complexity index is 883. The van der Waals surface area contributed by atoms with Crippen LogP contribution in [-0.2, 0) is 16.2 Å². The number of anilines is 1. The number of hydrogen-bond donors (Lipinski definition) is 3. The van der Waals surface area contributed by atoms with Crippen molar-refractivity contribution in [1.29, 1.82) is 0 Å². The third-order valence-electron chi connectivity index (χ3n) is 4.33. The molecule has 28 heavy (non-hydrogen) atoms. The number of amides is 1. The highest BCUT2D eigenvalue weighted by molar-refractivity contribution is 6.46. The number of Topliss-reactive ketones (excluding diaryl/α,β-unsaturated/α-hetero) is 1. The van der Waals surface area contributed by atoms with E-state index in [0.29, 0.717) is 23.6 Å². The first kappa shape index (κ1) is 21.0. The van der Waals surface area contributed by atoms with Crippen molar-refractivity contribution < 1.29 is 19.4 Å². The Kier molecular flexibility index (Phi) is 6.84. The summed E-state index contributed by atoms with van der Waals surface area (Å²) in [6, 6.07) is 8.61. The summed E-state index contributed by atoms with van der Waals surface area (Å²) in [4.78, 5) is 32.5. The molecule has 0 aliphatic carbocycles. The van der Waals surface area contributed by atoms with E-state index < -0.39 is 18.1 Å². The van der Waals surface area contributed by atoms with Crippen LogP contribution in [0.5, 0.6) is 5.75 Å². The number of aliphatic imine (C=N–C) groups is 1. The van der Waals surface area contributed by atoms with Gasteiger partial charge < -0.3 is 20.9 Å². The Morgan fingerprint density at radius 1 is 1.36 bits per heavy atom. The van der Waals surface area contributed by atoms with Crippen LogP contribution in [0.4, 0.5) is 5.69 Å². The van der Waals surface area contributed by atoms with Crippen molar-refractivity contribution in [3.05, 3.63) is 53.9 Å². The number of nitrogens with one attached hydrogen (secondary N) is 1. The summed E-state index contributed by atoms with van der Waals surface area (Å²) >= 11 is 0. The van der Waals surface area contributed by atoms with E-state index >= 15 is 0 Å². The van der Waals surface area contributed by atoms with E-state index in [1.807, 2.05) is 12.1 Å². The smallest absolute Gasteiger partial charge is 0.270 e. The Morgan fingerprint density at radius 3 is 2.68 bits per heavy atom. The molecule has 1 amide bonds. The number of aliphatic hydroxyl groups excluding tert-OH is 1. The highest BCUT2D eigenvalue weighted by Crippen LogP contribution is 2.22. The van der Waals surface area contributed by atoms with E-state index in [1.54, 1.807) is 30.6 Å². The number of nitrogen functional groups attached to an aromatic ring is 1. The molecule has 8 heteroatoms. The summed E-state index contributed by atoms with van der Waals surface area (Å²) in [7, 11) is 1.45. The first-order chi connectivity index (χ1) is 13.3. The molecule has 1 aromatic carbocycles. The van der Waals surface area contributed by atoms with Gasteiger partial charge in [0.05, 0.1) is 6.61 Å². The fourth-order valence-electron chi connectivity index (χ4n) is 2.37. The molecule has 1 atom stereocenters. The van der Waals surface area contributed by atoms with E-state index in [2.05, 4.69) is 15.3 Å². The zero-order valence-corrected chi connectivity index (χ0v) is 16.1. The van der Waals surface area contributed by atoms with Crippen molar-refractivity contribution in [2.24, 2.45) is 4.99 Å². The quantitative estimate of drug-likeness (QED) is 0.462. The average molecular weight is 384 g/mol. The number of carbonyl (C=O) groups excluding carboxylic acids is 2. The van der Waals surface area contributed by atoms with E-state index in [4.69, 9.17) is 10.5 Å². The van der Waals surface area contributed by atoms with Crippen LogP contribution in [0.1, 0.15) is 25.0 Å². The summed E-state index contributed by atoms with van der Waals surface area (Å²) in [6.07, 6.45) is 3.37. The molecular formula is C20H24N4O4. The number of nitrogens with zero attached hydrogens (tertiary/aromatic N) is 2. The minimum atomic E-state index is -1.41. The molecule has 1 unspecified atom stereocenters. The number of pyridine rings is 1. The Morgan fingerprint density at radius 2 is 2.11 bits per heavy atom. The molecule has 0 spiro atoms. The maximum atomic E-state index is 12.7. The van der Waals surface area contributed by atoms with Gasteiger partial charge in [0.15, 0.2) is 5.78 Å². The van der Waals surface area contributed by atoms with E-state index in [-0.39, 0.29) is 11.5 Å². The molecular weight excluding hydrogens is 360 g/mol. The number of ether oxygens (including phenoxy) is 1. The number of benzene rings is 1. The molecule has 148 valence electrons. The molecule has 0 saturated heterocycles. The first-order valence-electron chi connectivity index (χ1n) is 8.63. The molecule has 0 bridgehead atoms. The molecule has 0 saturated carbocycles. The number of aliphatic hydroxyl groups is 1. The standard InChI is InChI=1S/C20H24N4O4/c1-13(26)20(2,12-25)24-19(27)18(22-3)16-9-15(6-7-17(16)21)28-11-14-5-4-8-23-10-14/h4-10,25H,11-12,21H2,1-3H3,(H,24,27). The minimum absolute atomic E-state index is 0.0326. The van der Waals surface area contributed by atoms with Crippen LogP contribution in [0.25, 0.3) is 0 Å². The van der Waals surface area contributed by atoms with Crippen molar-refractivity contribution in [2.45, 2.75) is 26.0 Å². The normalized spacial score (nSPS) is 13.5. The minimum Gasteiger partial charge on any atom is -0.489 e. The van der Waals surface area contributed by atoms with Gasteiger partial charge in [0.1, 0.15) is 23.6 Å². The molecule has 0 aliphatic heterocycles. The van der Waals surface area contributed by atoms with E-state index in [0.717, 1.165) is 5.56 Å². The summed E-state index contributed by atoms with van der Waals surface area (Å²) < 4.78 is 5.75. The maximum absolute atomic E-state index is 12.7. The lowest BCUT2D eigenvalue weighted by atomic mass is 9.97. The SMILES string of the molecule is CN=C(C(=O)NC(C)(CO)C(C)=O)c1cc(OCc2cccnc2)ccc1N. The first-order valence-corrected chi connectivity index (χ1v) is 8.63. The Labute approximate surface area is 163 Å². The Balaban J connectivity index is 2.23. The van der Waals surface area contributed by atoms with Crippen LogP contribution in [0.2, 0.25) is 0 Å². The summed E-state index contributed by atoms with van der Waals surface area (Å²) in [5.41, 5.74) is 6.24. The lowest BCUT2D eigenvalue weighted by Gasteiger charge is -2.26. The van der Waals surface area contributed by atoms with Crippen LogP contribution in [0.15, 0.2) is 47.7 Å². The molecule has 1 aromatic heterocycles. The number of nitrogens with two attached hydrogens (primary N) is 1. The van der Waals surface area contributed by atoms with Gasteiger partial charge in [0.2, 0.25) is 0 Å². The number of ketones is 1. The molecule has 0 aliphatic rings. The fourth-order valence-corrected chi connectivity index (χ4v) is 2.37. The molecule has 1 heterocycles. The van der Waals surface area contributed by atoms with Crippen LogP contribution in [0, 0.1) is 0 Å². The van der Waals surface area contributed by atoms with Gasteiger partial charge >= 0.3 is 0 Å². The maximum Gasteiger partial charge on any atom is 0.270 e. The monoisotopic (exact) mass is 384 g/mol. The van der Waals surface area contributed by atoms with Gasteiger partial charge in [-0.1, -0.05) is 6.07 Å². The van der Waals surface area contributed by atoms with Gasteiger partial charge in [0, 0.05) is 36.3 Å². The lowest BCUT2D eigenvalue weighted by Crippen LogP contribution is -2.55. The van der Waals surface area contributed by atoms with Crippen molar-refractivity contribution in [2.75, 3.05) is 19.4 Å². The predicted molar refractivity (Wildman–Crippen MR) is 106 cm³/mol. The zero-order chi connectivity index (χ0) is 20.7. The lowest BCUT2D eigenvalue weighted by molar-refractivity contribution is -0.129. The average Bonchev–Trinajstić information content (AvgIpc) is 2.69. The third kappa shape index (κ3) is 4.92. The van der Waals surface area contributed by atoms with Gasteiger partial charge in [-0.3, -0.25) is 19.6 Å². The van der Waals surface area contributed by atoms with E-state index in [9.17, 15) is 14.7 Å². The number of hydrogen-bond acceptors (Lipinski definition) is 7. The largest absolute Gasteiger partial charge is 0.489 e. The highest BCUT2D eigenvalue weighted by Gasteiger charge is 2.32. The van der Waals surface area contributed by atoms with Crippen LogP contribution >= 0.6 is 0 Å². The number of aromatic nitrogens is 1. The topological polar surface area (TPSA) is 127 Å². The third-order valence-corrected chi connectivity index (χ3v) is 4.33. The highest BCUT2D eigenvalue weighted by atomic mass is 16.5. The van der Waals surface area contributed by atoms with Crippen LogP contribution < -0.4 is 15.8 Å². The molecule has 4 N–H and O–H groups in total. The summed E-state index contributed by atoms with van der Waals surface area (Å²) in [6.45, 7) is 2.50. The second-order valence-electron chi connectivity index (χ2n) is 6.47. The second kappa shape index (κ2) is 9.09. The second-order valence-corrected chi connectivity index (χ2v) is 6.47. The molecule has 2 aromatic rings. The van der Waals surface area contributed by atoms with Crippen molar-refractivity contribution in [1.82, 2.24) is 10.3 Å². The molecule has 0 radical (unpaired) electrons. The predicted octanol–water partition coefficient (Wildman–Crippen LogP) is 1.12. The molecule has 2 rings (SSSR count). The van der Waals surface area contributed by atoms with E-state index in [1.165, 1.54) is 20.9 Å². The van der Waals surface area contributed by atoms with Crippen molar-refractivity contribution >= 4 is 23.1 Å². The van der Waals surface area contributed by atoms with Gasteiger partial charge in [0.25, 0.3) is 5.91 Å². The fraction of sp³-hybridized carbons (Fsp3) is 0.300. The molecule has 0 fully saturated rings. The zero-order valence-electron chi connectivity index (χ0n) is 16.1. The van der Waals surface area contributed by atoms with Gasteiger partial charge in [-0.15, -0.1) is 0 Å². The van der Waals surface area contributed by atoms with Crippen LogP contribution in [0.3, 0.4) is 0 Å². The van der Waals surface area contributed by atoms with Gasteiger partial charge in [-0.05, 0) is 38.1 Å². The van der Waals surface area contributed by atoms with Crippen LogP contribution in [-0.4, -0.2) is 46.7 Å². The Hall–Kier alpha value is -3.26. The van der Waals surface area contributed by atoms with Gasteiger partial charge in [-0.2, -0.15) is 0 Å².